The topological polar surface area (TPSA) is 46.3 Å². The maximum Gasteiger partial charge on any atom is 0.235 e. The van der Waals surface area contributed by atoms with Crippen LogP contribution in [-0.4, -0.2) is 28.4 Å². The Hall–Kier alpha value is -0.640. The molecule has 3 fully saturated rings. The van der Waals surface area contributed by atoms with E-state index < -0.39 is 5.41 Å². The lowest BCUT2D eigenvalue weighted by atomic mass is 9.90. The van der Waals surface area contributed by atoms with E-state index >= 15 is 0 Å². The van der Waals surface area contributed by atoms with Crippen molar-refractivity contribution in [3.8, 4) is 0 Å². The van der Waals surface area contributed by atoms with Crippen LogP contribution in [0.4, 0.5) is 0 Å². The average molecular weight is 252 g/mol. The van der Waals surface area contributed by atoms with E-state index in [0.717, 1.165) is 31.7 Å². The number of thiocarbonyl (C=S) groups is 1. The van der Waals surface area contributed by atoms with Crippen LogP contribution >= 0.6 is 12.2 Å². The molecule has 3 aliphatic rings. The first kappa shape index (κ1) is 11.5. The summed E-state index contributed by atoms with van der Waals surface area (Å²) in [4.78, 5) is 15.2. The zero-order valence-electron chi connectivity index (χ0n) is 10.2. The zero-order valence-corrected chi connectivity index (χ0v) is 11.0. The highest BCUT2D eigenvalue weighted by atomic mass is 32.1. The van der Waals surface area contributed by atoms with Gasteiger partial charge in [-0.3, -0.25) is 4.79 Å². The van der Waals surface area contributed by atoms with Gasteiger partial charge in [-0.15, -0.1) is 0 Å². The van der Waals surface area contributed by atoms with Crippen LogP contribution in [0.25, 0.3) is 0 Å². The van der Waals surface area contributed by atoms with Crippen LogP contribution in [0.2, 0.25) is 0 Å². The molecule has 17 heavy (non-hydrogen) atoms. The van der Waals surface area contributed by atoms with Crippen LogP contribution < -0.4 is 5.73 Å². The second-order valence-corrected chi connectivity index (χ2v) is 6.29. The number of carbonyl (C=O) groups excluding carboxylic acids is 1. The molecule has 94 valence electrons. The highest BCUT2D eigenvalue weighted by Crippen LogP contribution is 2.49. The summed E-state index contributed by atoms with van der Waals surface area (Å²) in [5.74, 6) is 0.983. The van der Waals surface area contributed by atoms with Crippen molar-refractivity contribution < 1.29 is 4.79 Å². The number of amides is 1. The Morgan fingerprint density at radius 3 is 2.59 bits per heavy atom. The van der Waals surface area contributed by atoms with Crippen molar-refractivity contribution in [2.75, 3.05) is 6.54 Å². The lowest BCUT2D eigenvalue weighted by molar-refractivity contribution is -0.139. The zero-order chi connectivity index (χ0) is 12.0. The van der Waals surface area contributed by atoms with Gasteiger partial charge in [-0.25, -0.2) is 0 Å². The Labute approximate surface area is 108 Å². The molecule has 0 aromatic carbocycles. The largest absolute Gasteiger partial charge is 0.392 e. The minimum absolute atomic E-state index is 0.238. The summed E-state index contributed by atoms with van der Waals surface area (Å²) < 4.78 is 0. The monoisotopic (exact) mass is 252 g/mol. The summed E-state index contributed by atoms with van der Waals surface area (Å²) in [5, 5.41) is 0. The molecule has 2 atom stereocenters. The molecule has 2 N–H and O–H groups in total. The van der Waals surface area contributed by atoms with Crippen molar-refractivity contribution in [2.45, 2.75) is 51.0 Å². The Balaban J connectivity index is 1.79. The van der Waals surface area contributed by atoms with Crippen molar-refractivity contribution in [3.05, 3.63) is 0 Å². The normalized spacial score (nSPS) is 34.2. The van der Waals surface area contributed by atoms with Gasteiger partial charge in [0.05, 0.1) is 10.4 Å². The van der Waals surface area contributed by atoms with Crippen LogP contribution in [0.1, 0.15) is 44.9 Å². The van der Waals surface area contributed by atoms with E-state index in [1.54, 1.807) is 0 Å². The van der Waals surface area contributed by atoms with Crippen molar-refractivity contribution in [3.63, 3.8) is 0 Å². The van der Waals surface area contributed by atoms with Gasteiger partial charge in [-0.2, -0.15) is 0 Å². The number of fused-ring (bicyclic) bond motifs is 1. The van der Waals surface area contributed by atoms with Gasteiger partial charge in [0.1, 0.15) is 0 Å². The molecule has 2 unspecified atom stereocenters. The van der Waals surface area contributed by atoms with E-state index in [4.69, 9.17) is 18.0 Å². The van der Waals surface area contributed by atoms with E-state index in [9.17, 15) is 4.79 Å². The van der Waals surface area contributed by atoms with Crippen molar-refractivity contribution >= 4 is 23.1 Å². The molecule has 0 aromatic heterocycles. The summed E-state index contributed by atoms with van der Waals surface area (Å²) in [6, 6.07) is 0.489. The van der Waals surface area contributed by atoms with Gasteiger partial charge in [-0.05, 0) is 44.4 Å². The quantitative estimate of drug-likeness (QED) is 0.763. The summed E-state index contributed by atoms with van der Waals surface area (Å²) >= 11 is 5.09. The standard InChI is InChI=1S/C13H20N2OS/c14-11(17)13(6-7-13)12(16)15-8-2-4-9-3-1-5-10(9)15/h9-10H,1-8H2,(H2,14,17). The molecule has 2 aliphatic carbocycles. The average Bonchev–Trinajstić information content (AvgIpc) is 3.00. The fourth-order valence-electron chi connectivity index (χ4n) is 3.67. The molecule has 0 bridgehead atoms. The van der Waals surface area contributed by atoms with Crippen molar-refractivity contribution in [1.82, 2.24) is 4.90 Å². The van der Waals surface area contributed by atoms with Crippen LogP contribution in [0.3, 0.4) is 0 Å². The number of piperidine rings is 1. The van der Waals surface area contributed by atoms with Crippen LogP contribution in [0.15, 0.2) is 0 Å². The lowest BCUT2D eigenvalue weighted by Gasteiger charge is -2.39. The van der Waals surface area contributed by atoms with Crippen molar-refractivity contribution in [2.24, 2.45) is 17.1 Å². The van der Waals surface area contributed by atoms with Gasteiger partial charge in [0, 0.05) is 12.6 Å². The van der Waals surface area contributed by atoms with E-state index in [1.807, 2.05) is 0 Å². The summed E-state index contributed by atoms with van der Waals surface area (Å²) in [7, 11) is 0. The lowest BCUT2D eigenvalue weighted by Crippen LogP contribution is -2.51. The van der Waals surface area contributed by atoms with Gasteiger partial charge in [-0.1, -0.05) is 18.6 Å². The molecule has 4 heteroatoms. The first-order valence-electron chi connectivity index (χ1n) is 6.76. The van der Waals surface area contributed by atoms with Gasteiger partial charge < -0.3 is 10.6 Å². The highest BCUT2D eigenvalue weighted by Gasteiger charge is 2.56. The third-order valence-corrected chi connectivity index (χ3v) is 5.28. The molecule has 3 rings (SSSR count). The third kappa shape index (κ3) is 1.68. The molecule has 1 amide bonds. The van der Waals surface area contributed by atoms with E-state index in [-0.39, 0.29) is 5.91 Å². The maximum atomic E-state index is 12.6. The molecular formula is C13H20N2OS. The summed E-state index contributed by atoms with van der Waals surface area (Å²) in [6.45, 7) is 0.921. The smallest absolute Gasteiger partial charge is 0.235 e. The van der Waals surface area contributed by atoms with Gasteiger partial charge >= 0.3 is 0 Å². The summed E-state index contributed by atoms with van der Waals surface area (Å²) in [5.41, 5.74) is 5.32. The number of hydrogen-bond donors (Lipinski definition) is 1. The highest BCUT2D eigenvalue weighted by molar-refractivity contribution is 7.80. The van der Waals surface area contributed by atoms with Crippen LogP contribution in [0.5, 0.6) is 0 Å². The first-order chi connectivity index (χ1) is 8.15. The first-order valence-corrected chi connectivity index (χ1v) is 7.17. The number of nitrogens with two attached hydrogens (primary N) is 1. The number of hydrogen-bond acceptors (Lipinski definition) is 2. The fourth-order valence-corrected chi connectivity index (χ4v) is 3.96. The Kier molecular flexibility index (Phi) is 2.65. The van der Waals surface area contributed by atoms with Gasteiger partial charge in [0.15, 0.2) is 0 Å². The summed E-state index contributed by atoms with van der Waals surface area (Å²) in [6.07, 6.45) is 7.95. The van der Waals surface area contributed by atoms with Crippen LogP contribution in [0, 0.1) is 11.3 Å². The predicted octanol–water partition coefficient (Wildman–Crippen LogP) is 1.84. The molecule has 0 spiro atoms. The Bertz CT molecular complexity index is 364. The predicted molar refractivity (Wildman–Crippen MR) is 70.5 cm³/mol. The molecule has 0 aromatic rings. The van der Waals surface area contributed by atoms with E-state index in [2.05, 4.69) is 4.90 Å². The minimum atomic E-state index is -0.445. The maximum absolute atomic E-state index is 12.6. The van der Waals surface area contributed by atoms with Gasteiger partial charge in [0.2, 0.25) is 5.91 Å². The van der Waals surface area contributed by atoms with E-state index in [0.29, 0.717) is 11.0 Å². The number of rotatable bonds is 2. The molecule has 1 heterocycles. The molecule has 2 saturated carbocycles. The van der Waals surface area contributed by atoms with Crippen LogP contribution in [-0.2, 0) is 4.79 Å². The molecular weight excluding hydrogens is 232 g/mol. The number of carbonyl (C=O) groups is 1. The van der Waals surface area contributed by atoms with Crippen molar-refractivity contribution in [1.29, 1.82) is 0 Å². The molecule has 3 nitrogen and oxygen atoms in total. The third-order valence-electron chi connectivity index (χ3n) is 4.89. The Morgan fingerprint density at radius 1 is 1.24 bits per heavy atom. The SMILES string of the molecule is NC(=S)C1(C(=O)N2CCCC3CCCC32)CC1. The number of nitrogens with zero attached hydrogens (tertiary/aromatic N) is 1. The number of likely N-dealkylation sites (tertiary alicyclic amines) is 1. The molecule has 1 aliphatic heterocycles. The van der Waals surface area contributed by atoms with Gasteiger partial charge in [0.25, 0.3) is 0 Å². The second kappa shape index (κ2) is 3.94. The molecule has 0 radical (unpaired) electrons. The second-order valence-electron chi connectivity index (χ2n) is 5.85. The van der Waals surface area contributed by atoms with E-state index in [1.165, 1.54) is 25.7 Å². The Morgan fingerprint density at radius 2 is 1.94 bits per heavy atom. The molecule has 1 saturated heterocycles. The fraction of sp³-hybridized carbons (Fsp3) is 0.846. The minimum Gasteiger partial charge on any atom is -0.392 e.